The number of aliphatic carboxylic acids is 1. The minimum absolute atomic E-state index is 0.255. The molecule has 6 heteroatoms. The van der Waals surface area contributed by atoms with E-state index in [0.717, 1.165) is 10.9 Å². The van der Waals surface area contributed by atoms with Crippen LogP contribution in [0.5, 0.6) is 0 Å². The predicted molar refractivity (Wildman–Crippen MR) is 67.2 cm³/mol. The van der Waals surface area contributed by atoms with E-state index in [1.807, 2.05) is 24.3 Å². The second-order valence-electron chi connectivity index (χ2n) is 3.94. The topological polar surface area (TPSA) is 108 Å². The van der Waals surface area contributed by atoms with Crippen molar-refractivity contribution in [3.8, 4) is 0 Å². The number of carboxylic acids is 1. The fourth-order valence-corrected chi connectivity index (χ4v) is 1.66. The number of para-hydroxylation sites is 1. The summed E-state index contributed by atoms with van der Waals surface area (Å²) in [4.78, 5) is 25.1. The summed E-state index contributed by atoms with van der Waals surface area (Å²) in [6, 6.07) is 6.29. The van der Waals surface area contributed by atoms with Crippen LogP contribution in [0.2, 0.25) is 0 Å². The molecule has 1 unspecified atom stereocenters. The lowest BCUT2D eigenvalue weighted by atomic mass is 10.2. The van der Waals surface area contributed by atoms with Crippen molar-refractivity contribution in [2.24, 2.45) is 5.73 Å². The Balaban J connectivity index is 2.10. The Morgan fingerprint density at radius 2 is 2.11 bits per heavy atom. The molecule has 94 valence electrons. The number of aromatic amines is 1. The lowest BCUT2D eigenvalue weighted by Gasteiger charge is -2.06. The highest BCUT2D eigenvalue weighted by Crippen LogP contribution is 2.22. The minimum Gasteiger partial charge on any atom is -0.480 e. The number of aromatic nitrogens is 1. The Hall–Kier alpha value is -2.34. The first-order valence-corrected chi connectivity index (χ1v) is 5.42. The van der Waals surface area contributed by atoms with Gasteiger partial charge in [-0.3, -0.25) is 9.59 Å². The summed E-state index contributed by atoms with van der Waals surface area (Å²) in [5.41, 5.74) is 6.81. The highest BCUT2D eigenvalue weighted by atomic mass is 16.4. The number of hydrogen-bond acceptors (Lipinski definition) is 3. The Kier molecular flexibility index (Phi) is 3.29. The first-order chi connectivity index (χ1) is 8.58. The Morgan fingerprint density at radius 1 is 1.39 bits per heavy atom. The molecule has 1 aromatic carbocycles. The molecule has 5 N–H and O–H groups in total. The van der Waals surface area contributed by atoms with Gasteiger partial charge in [-0.2, -0.15) is 0 Å². The molecule has 6 nitrogen and oxygen atoms in total. The SMILES string of the molecule is NC(CC(=O)Nc1c[nH]c2ccccc12)C(=O)O. The second kappa shape index (κ2) is 4.89. The van der Waals surface area contributed by atoms with Crippen molar-refractivity contribution >= 4 is 28.5 Å². The molecule has 1 heterocycles. The summed E-state index contributed by atoms with van der Waals surface area (Å²) in [6.07, 6.45) is 1.41. The maximum Gasteiger partial charge on any atom is 0.321 e. The van der Waals surface area contributed by atoms with Crippen LogP contribution in [-0.4, -0.2) is 28.0 Å². The van der Waals surface area contributed by atoms with Crippen LogP contribution in [0.25, 0.3) is 10.9 Å². The average Bonchev–Trinajstić information content (AvgIpc) is 2.72. The number of amides is 1. The smallest absolute Gasteiger partial charge is 0.321 e. The second-order valence-corrected chi connectivity index (χ2v) is 3.94. The summed E-state index contributed by atoms with van der Waals surface area (Å²) >= 11 is 0. The third-order valence-corrected chi connectivity index (χ3v) is 2.59. The van der Waals surface area contributed by atoms with Gasteiger partial charge >= 0.3 is 5.97 Å². The maximum atomic E-state index is 11.6. The van der Waals surface area contributed by atoms with Crippen LogP contribution in [0.1, 0.15) is 6.42 Å². The molecule has 0 spiro atoms. The van der Waals surface area contributed by atoms with Crippen LogP contribution >= 0.6 is 0 Å². The molecule has 18 heavy (non-hydrogen) atoms. The zero-order valence-corrected chi connectivity index (χ0v) is 9.51. The van der Waals surface area contributed by atoms with Gasteiger partial charge in [0.1, 0.15) is 6.04 Å². The number of carbonyl (C=O) groups excluding carboxylic acids is 1. The van der Waals surface area contributed by atoms with Gasteiger partial charge < -0.3 is 21.1 Å². The predicted octanol–water partition coefficient (Wildman–Crippen LogP) is 0.908. The van der Waals surface area contributed by atoms with E-state index in [2.05, 4.69) is 10.3 Å². The standard InChI is InChI=1S/C12H13N3O3/c13-8(12(17)18)5-11(16)15-10-6-14-9-4-2-1-3-7(9)10/h1-4,6,8,14H,5,13H2,(H,15,16)(H,17,18). The molecule has 0 aliphatic rings. The molecule has 2 aromatic rings. The molecule has 0 fully saturated rings. The van der Waals surface area contributed by atoms with Gasteiger partial charge in [-0.25, -0.2) is 0 Å². The number of hydrogen-bond donors (Lipinski definition) is 4. The quantitative estimate of drug-likeness (QED) is 0.643. The first-order valence-electron chi connectivity index (χ1n) is 5.42. The van der Waals surface area contributed by atoms with Crippen LogP contribution in [0.4, 0.5) is 5.69 Å². The van der Waals surface area contributed by atoms with Crippen molar-refractivity contribution in [1.29, 1.82) is 0 Å². The summed E-state index contributed by atoms with van der Waals surface area (Å²) < 4.78 is 0. The van der Waals surface area contributed by atoms with Crippen LogP contribution in [-0.2, 0) is 9.59 Å². The van der Waals surface area contributed by atoms with Gasteiger partial charge in [0, 0.05) is 17.1 Å². The number of nitrogens with two attached hydrogens (primary N) is 1. The molecule has 0 saturated carbocycles. The van der Waals surface area contributed by atoms with Crippen molar-refractivity contribution in [2.75, 3.05) is 5.32 Å². The minimum atomic E-state index is -1.19. The van der Waals surface area contributed by atoms with Gasteiger partial charge in [0.25, 0.3) is 0 Å². The molecule has 1 amide bonds. The Labute approximate surface area is 103 Å². The number of carboxylic acid groups (broad SMARTS) is 1. The fraction of sp³-hybridized carbons (Fsp3) is 0.167. The number of carbonyl (C=O) groups is 2. The van der Waals surface area contributed by atoms with E-state index in [-0.39, 0.29) is 6.42 Å². The molecule has 1 aromatic heterocycles. The normalized spacial score (nSPS) is 12.3. The van der Waals surface area contributed by atoms with Crippen LogP contribution in [0, 0.1) is 0 Å². The van der Waals surface area contributed by atoms with Gasteiger partial charge in [0.2, 0.25) is 5.91 Å². The van der Waals surface area contributed by atoms with Crippen molar-refractivity contribution in [3.63, 3.8) is 0 Å². The number of benzene rings is 1. The summed E-state index contributed by atoms with van der Waals surface area (Å²) in [7, 11) is 0. The zero-order valence-electron chi connectivity index (χ0n) is 9.51. The molecule has 2 rings (SSSR count). The van der Waals surface area contributed by atoms with Gasteiger partial charge in [-0.1, -0.05) is 18.2 Å². The van der Waals surface area contributed by atoms with Crippen molar-refractivity contribution < 1.29 is 14.7 Å². The lowest BCUT2D eigenvalue weighted by molar-refractivity contribution is -0.140. The third-order valence-electron chi connectivity index (χ3n) is 2.59. The van der Waals surface area contributed by atoms with Gasteiger partial charge in [0.05, 0.1) is 12.1 Å². The van der Waals surface area contributed by atoms with Crippen LogP contribution in [0.3, 0.4) is 0 Å². The van der Waals surface area contributed by atoms with Crippen LogP contribution < -0.4 is 11.1 Å². The monoisotopic (exact) mass is 247 g/mol. The summed E-state index contributed by atoms with van der Waals surface area (Å²) in [5.74, 6) is -1.61. The third kappa shape index (κ3) is 2.49. The first kappa shape index (κ1) is 12.1. The molecule has 0 radical (unpaired) electrons. The van der Waals surface area contributed by atoms with Crippen molar-refractivity contribution in [2.45, 2.75) is 12.5 Å². The number of rotatable bonds is 4. The molecule has 0 aliphatic carbocycles. The van der Waals surface area contributed by atoms with Gasteiger partial charge in [-0.15, -0.1) is 0 Å². The number of anilines is 1. The molecular weight excluding hydrogens is 234 g/mol. The molecule has 1 atom stereocenters. The van der Waals surface area contributed by atoms with E-state index >= 15 is 0 Å². The van der Waals surface area contributed by atoms with E-state index in [0.29, 0.717) is 5.69 Å². The zero-order chi connectivity index (χ0) is 13.1. The fourth-order valence-electron chi connectivity index (χ4n) is 1.66. The molecule has 0 saturated heterocycles. The van der Waals surface area contributed by atoms with E-state index in [9.17, 15) is 9.59 Å². The van der Waals surface area contributed by atoms with Crippen molar-refractivity contribution in [3.05, 3.63) is 30.5 Å². The van der Waals surface area contributed by atoms with Crippen molar-refractivity contribution in [1.82, 2.24) is 4.98 Å². The molecular formula is C12H13N3O3. The highest BCUT2D eigenvalue weighted by Gasteiger charge is 2.17. The highest BCUT2D eigenvalue weighted by molar-refractivity contribution is 6.02. The van der Waals surface area contributed by atoms with Crippen LogP contribution in [0.15, 0.2) is 30.5 Å². The molecule has 0 bridgehead atoms. The molecule has 0 aliphatic heterocycles. The largest absolute Gasteiger partial charge is 0.480 e. The number of fused-ring (bicyclic) bond motifs is 1. The average molecular weight is 247 g/mol. The Bertz CT molecular complexity index is 591. The van der Waals surface area contributed by atoms with E-state index in [4.69, 9.17) is 10.8 Å². The number of H-pyrrole nitrogens is 1. The maximum absolute atomic E-state index is 11.6. The Morgan fingerprint density at radius 3 is 2.83 bits per heavy atom. The lowest BCUT2D eigenvalue weighted by Crippen LogP contribution is -2.34. The van der Waals surface area contributed by atoms with E-state index < -0.39 is 17.9 Å². The number of nitrogens with one attached hydrogen (secondary N) is 2. The van der Waals surface area contributed by atoms with E-state index in [1.54, 1.807) is 6.20 Å². The summed E-state index contributed by atoms with van der Waals surface area (Å²) in [5, 5.41) is 12.1. The van der Waals surface area contributed by atoms with Gasteiger partial charge in [-0.05, 0) is 6.07 Å². The van der Waals surface area contributed by atoms with Gasteiger partial charge in [0.15, 0.2) is 0 Å². The summed E-state index contributed by atoms with van der Waals surface area (Å²) in [6.45, 7) is 0. The van der Waals surface area contributed by atoms with E-state index in [1.165, 1.54) is 0 Å².